The van der Waals surface area contributed by atoms with Crippen LogP contribution in [0.25, 0.3) is 11.0 Å². The lowest BCUT2D eigenvalue weighted by Crippen LogP contribution is -2.45. The van der Waals surface area contributed by atoms with E-state index in [4.69, 9.17) is 4.98 Å². The van der Waals surface area contributed by atoms with Crippen LogP contribution in [-0.4, -0.2) is 39.3 Å². The number of para-hydroxylation sites is 2. The van der Waals surface area contributed by atoms with Gasteiger partial charge in [0.2, 0.25) is 0 Å². The molecule has 1 unspecified atom stereocenters. The lowest BCUT2D eigenvalue weighted by Gasteiger charge is -2.41. The number of likely N-dealkylation sites (tertiary alicyclic amines) is 1. The zero-order valence-electron chi connectivity index (χ0n) is 14.0. The van der Waals surface area contributed by atoms with Crippen LogP contribution in [0.2, 0.25) is 0 Å². The highest BCUT2D eigenvalue weighted by Gasteiger charge is 2.34. The Bertz CT molecular complexity index is 678. The minimum absolute atomic E-state index is 0.0247. The summed E-state index contributed by atoms with van der Waals surface area (Å²) in [6.07, 6.45) is 5.03. The molecule has 1 aliphatic rings. The van der Waals surface area contributed by atoms with Crippen molar-refractivity contribution >= 4 is 11.0 Å². The first-order valence-corrected chi connectivity index (χ1v) is 8.59. The molecule has 4 heteroatoms. The smallest absolute Gasteiger partial charge is 0.124 e. The number of imidazole rings is 1. The summed E-state index contributed by atoms with van der Waals surface area (Å²) < 4.78 is 2.30. The normalized spacial score (nSPS) is 22.5. The van der Waals surface area contributed by atoms with Crippen molar-refractivity contribution in [1.29, 1.82) is 0 Å². The fraction of sp³-hybridized carbons (Fsp3) is 0.526. The Kier molecular flexibility index (Phi) is 4.83. The molecule has 0 bridgehead atoms. The number of fused-ring (bicyclic) bond motifs is 1. The van der Waals surface area contributed by atoms with Gasteiger partial charge >= 0.3 is 0 Å². The van der Waals surface area contributed by atoms with Crippen LogP contribution in [-0.2, 0) is 13.1 Å². The lowest BCUT2D eigenvalue weighted by atomic mass is 9.78. The molecule has 1 saturated heterocycles. The number of hydrogen-bond donors (Lipinski definition) is 1. The van der Waals surface area contributed by atoms with Crippen molar-refractivity contribution in [2.24, 2.45) is 5.41 Å². The van der Waals surface area contributed by atoms with E-state index in [2.05, 4.69) is 41.2 Å². The van der Waals surface area contributed by atoms with Gasteiger partial charge in [-0.3, -0.25) is 4.90 Å². The molecule has 3 rings (SSSR count). The summed E-state index contributed by atoms with van der Waals surface area (Å²) in [4.78, 5) is 7.28. The molecule has 0 aliphatic carbocycles. The molecule has 4 nitrogen and oxygen atoms in total. The first kappa shape index (κ1) is 16.2. The number of benzene rings is 1. The molecule has 2 heterocycles. The predicted octanol–water partition coefficient (Wildman–Crippen LogP) is 3.21. The zero-order valence-corrected chi connectivity index (χ0v) is 14.0. The third kappa shape index (κ3) is 3.19. The summed E-state index contributed by atoms with van der Waals surface area (Å²) >= 11 is 0. The van der Waals surface area contributed by atoms with E-state index < -0.39 is 0 Å². The van der Waals surface area contributed by atoms with Crippen molar-refractivity contribution < 1.29 is 5.11 Å². The molecule has 124 valence electrons. The van der Waals surface area contributed by atoms with E-state index in [1.54, 1.807) is 0 Å². The Morgan fingerprint density at radius 3 is 2.96 bits per heavy atom. The second-order valence-corrected chi connectivity index (χ2v) is 6.73. The van der Waals surface area contributed by atoms with Gasteiger partial charge in [-0.2, -0.15) is 0 Å². The topological polar surface area (TPSA) is 41.3 Å². The lowest BCUT2D eigenvalue weighted by molar-refractivity contribution is 0.0295. The zero-order chi connectivity index (χ0) is 16.3. The van der Waals surface area contributed by atoms with Crippen molar-refractivity contribution in [3.63, 3.8) is 0 Å². The van der Waals surface area contributed by atoms with Crippen molar-refractivity contribution in [3.8, 4) is 0 Å². The Balaban J connectivity index is 1.82. The summed E-state index contributed by atoms with van der Waals surface area (Å²) in [6.45, 7) is 10.0. The summed E-state index contributed by atoms with van der Waals surface area (Å²) in [5.74, 6) is 1.13. The number of aliphatic hydroxyl groups excluding tert-OH is 1. The predicted molar refractivity (Wildman–Crippen MR) is 94.3 cm³/mol. The molecule has 0 amide bonds. The summed E-state index contributed by atoms with van der Waals surface area (Å²) in [5.41, 5.74) is 2.26. The van der Waals surface area contributed by atoms with Gasteiger partial charge in [-0.05, 0) is 44.9 Å². The van der Waals surface area contributed by atoms with Gasteiger partial charge in [-0.25, -0.2) is 4.98 Å². The van der Waals surface area contributed by atoms with Gasteiger partial charge in [-0.1, -0.05) is 18.2 Å². The minimum Gasteiger partial charge on any atom is -0.396 e. The number of hydrogen-bond acceptors (Lipinski definition) is 3. The molecule has 2 aromatic rings. The van der Waals surface area contributed by atoms with Crippen LogP contribution in [0.15, 0.2) is 36.9 Å². The fourth-order valence-corrected chi connectivity index (χ4v) is 3.91. The fourth-order valence-electron chi connectivity index (χ4n) is 3.91. The molecule has 23 heavy (non-hydrogen) atoms. The third-order valence-corrected chi connectivity index (χ3v) is 5.07. The van der Waals surface area contributed by atoms with Crippen LogP contribution >= 0.6 is 0 Å². The van der Waals surface area contributed by atoms with Gasteiger partial charge < -0.3 is 9.67 Å². The van der Waals surface area contributed by atoms with E-state index in [0.29, 0.717) is 0 Å². The van der Waals surface area contributed by atoms with Gasteiger partial charge in [-0.15, -0.1) is 6.58 Å². The number of aromatic nitrogens is 2. The summed E-state index contributed by atoms with van der Waals surface area (Å²) in [6, 6.07) is 8.33. The maximum Gasteiger partial charge on any atom is 0.124 e. The Labute approximate surface area is 138 Å². The quantitative estimate of drug-likeness (QED) is 0.833. The number of piperidine rings is 1. The summed E-state index contributed by atoms with van der Waals surface area (Å²) in [5, 5.41) is 9.88. The standard InChI is InChI=1S/C19H27N3O/c1-3-10-19(15-23)11-7-12-21(14-19)13-18-20-16-8-5-6-9-17(16)22(18)4-2/h3,5-6,8-9,23H,1,4,7,10-15H2,2H3. The molecular formula is C19H27N3O. The maximum absolute atomic E-state index is 9.88. The SMILES string of the molecule is C=CCC1(CO)CCCN(Cc2nc3ccccc3n2CC)C1. The van der Waals surface area contributed by atoms with Gasteiger partial charge in [0.1, 0.15) is 5.82 Å². The molecule has 0 saturated carbocycles. The van der Waals surface area contributed by atoms with Gasteiger partial charge in [0.25, 0.3) is 0 Å². The number of aryl methyl sites for hydroxylation is 1. The highest BCUT2D eigenvalue weighted by molar-refractivity contribution is 5.75. The van der Waals surface area contributed by atoms with Gasteiger partial charge in [0.15, 0.2) is 0 Å². The maximum atomic E-state index is 9.88. The molecule has 1 aliphatic heterocycles. The highest BCUT2D eigenvalue weighted by atomic mass is 16.3. The second-order valence-electron chi connectivity index (χ2n) is 6.73. The van der Waals surface area contributed by atoms with Crippen LogP contribution in [0.1, 0.15) is 32.0 Å². The Hall–Kier alpha value is -1.65. The van der Waals surface area contributed by atoms with Gasteiger partial charge in [0, 0.05) is 18.5 Å². The molecule has 1 fully saturated rings. The molecule has 0 radical (unpaired) electrons. The molecule has 1 aromatic carbocycles. The van der Waals surface area contributed by atoms with E-state index in [-0.39, 0.29) is 12.0 Å². The first-order chi connectivity index (χ1) is 11.2. The minimum atomic E-state index is -0.0247. The summed E-state index contributed by atoms with van der Waals surface area (Å²) in [7, 11) is 0. The highest BCUT2D eigenvalue weighted by Crippen LogP contribution is 2.34. The van der Waals surface area contributed by atoms with E-state index in [1.807, 2.05) is 12.1 Å². The van der Waals surface area contributed by atoms with Gasteiger partial charge in [0.05, 0.1) is 24.2 Å². The first-order valence-electron chi connectivity index (χ1n) is 8.59. The Morgan fingerprint density at radius 2 is 2.22 bits per heavy atom. The van der Waals surface area contributed by atoms with E-state index in [0.717, 1.165) is 56.8 Å². The van der Waals surface area contributed by atoms with Crippen molar-refractivity contribution in [1.82, 2.24) is 14.5 Å². The van der Waals surface area contributed by atoms with Crippen LogP contribution in [0.4, 0.5) is 0 Å². The molecule has 1 atom stereocenters. The number of aliphatic hydroxyl groups is 1. The molecule has 0 spiro atoms. The number of rotatable bonds is 6. The number of allylic oxidation sites excluding steroid dienone is 1. The van der Waals surface area contributed by atoms with Crippen LogP contribution < -0.4 is 0 Å². The molecular weight excluding hydrogens is 286 g/mol. The number of nitrogens with zero attached hydrogens (tertiary/aromatic N) is 3. The average molecular weight is 313 g/mol. The van der Waals surface area contributed by atoms with E-state index in [9.17, 15) is 5.11 Å². The molecule has 1 N–H and O–H groups in total. The van der Waals surface area contributed by atoms with Crippen molar-refractivity contribution in [3.05, 3.63) is 42.7 Å². The van der Waals surface area contributed by atoms with Crippen LogP contribution in [0.3, 0.4) is 0 Å². The largest absolute Gasteiger partial charge is 0.396 e. The van der Waals surface area contributed by atoms with E-state index in [1.165, 1.54) is 5.52 Å². The van der Waals surface area contributed by atoms with E-state index >= 15 is 0 Å². The second kappa shape index (κ2) is 6.85. The molecule has 1 aromatic heterocycles. The third-order valence-electron chi connectivity index (χ3n) is 5.07. The monoisotopic (exact) mass is 313 g/mol. The van der Waals surface area contributed by atoms with Crippen molar-refractivity contribution in [2.75, 3.05) is 19.7 Å². The average Bonchev–Trinajstić information content (AvgIpc) is 2.92. The van der Waals surface area contributed by atoms with Crippen molar-refractivity contribution in [2.45, 2.75) is 39.3 Å². The van der Waals surface area contributed by atoms with Crippen LogP contribution in [0.5, 0.6) is 0 Å². The van der Waals surface area contributed by atoms with Crippen LogP contribution in [0, 0.1) is 5.41 Å². The Morgan fingerprint density at radius 1 is 1.39 bits per heavy atom.